The van der Waals surface area contributed by atoms with E-state index in [0.29, 0.717) is 0 Å². The van der Waals surface area contributed by atoms with Gasteiger partial charge in [0.1, 0.15) is 0 Å². The number of nitrogens with two attached hydrogens (primary N) is 1. The quantitative estimate of drug-likeness (QED) is 0.357. The third-order valence-corrected chi connectivity index (χ3v) is 3.54. The van der Waals surface area contributed by atoms with Gasteiger partial charge >= 0.3 is 0 Å². The van der Waals surface area contributed by atoms with Crippen LogP contribution in [0.25, 0.3) is 0 Å². The van der Waals surface area contributed by atoms with Crippen LogP contribution < -0.4 is 5.73 Å². The molecule has 2 heteroatoms. The Hall–Kier alpha value is -0.600. The van der Waals surface area contributed by atoms with Gasteiger partial charge in [-0.1, -0.05) is 89.0 Å². The van der Waals surface area contributed by atoms with E-state index in [-0.39, 0.29) is 12.6 Å². The lowest BCUT2D eigenvalue weighted by Gasteiger charge is -2.01. The summed E-state index contributed by atoms with van der Waals surface area (Å²) in [6.07, 6.45) is 23.0. The third-order valence-electron chi connectivity index (χ3n) is 3.54. The highest BCUT2D eigenvalue weighted by atomic mass is 16.3. The Morgan fingerprint density at radius 2 is 1.40 bits per heavy atom. The van der Waals surface area contributed by atoms with Crippen molar-refractivity contribution in [3.8, 4) is 0 Å². The first-order chi connectivity index (χ1) is 9.81. The minimum atomic E-state index is -0.225. The monoisotopic (exact) mass is 281 g/mol. The van der Waals surface area contributed by atoms with E-state index in [4.69, 9.17) is 10.8 Å². The zero-order valence-electron chi connectivity index (χ0n) is 13.4. The molecule has 1 unspecified atom stereocenters. The summed E-state index contributed by atoms with van der Waals surface area (Å²) in [4.78, 5) is 0. The molecule has 0 aliphatic heterocycles. The number of unbranched alkanes of at least 4 members (excludes halogenated alkanes) is 10. The number of rotatable bonds is 14. The first-order valence-electron chi connectivity index (χ1n) is 8.51. The average Bonchev–Trinajstić information content (AvgIpc) is 2.47. The number of aliphatic hydroxyl groups is 1. The van der Waals surface area contributed by atoms with Crippen molar-refractivity contribution < 1.29 is 5.11 Å². The van der Waals surface area contributed by atoms with E-state index < -0.39 is 0 Å². The number of hydrogen-bond acceptors (Lipinski definition) is 2. The second-order valence-electron chi connectivity index (χ2n) is 5.63. The second-order valence-corrected chi connectivity index (χ2v) is 5.63. The molecule has 0 heterocycles. The zero-order valence-corrected chi connectivity index (χ0v) is 13.4. The third kappa shape index (κ3) is 15.5. The van der Waals surface area contributed by atoms with E-state index in [2.05, 4.69) is 13.0 Å². The van der Waals surface area contributed by atoms with Crippen molar-refractivity contribution in [1.29, 1.82) is 0 Å². The fraction of sp³-hybridized carbons (Fsp3) is 0.778. The maximum Gasteiger partial charge on any atom is 0.0618 e. The molecule has 0 amide bonds. The SMILES string of the molecule is CCCCCCCCCCCC/C=C/C=C\C(N)CO. The molecule has 118 valence electrons. The van der Waals surface area contributed by atoms with E-state index in [1.807, 2.05) is 18.2 Å². The van der Waals surface area contributed by atoms with Crippen LogP contribution in [0.1, 0.15) is 77.6 Å². The molecule has 0 fully saturated rings. The van der Waals surface area contributed by atoms with Gasteiger partial charge in [0.05, 0.1) is 6.61 Å². The molecular formula is C18H35NO. The van der Waals surface area contributed by atoms with Crippen molar-refractivity contribution >= 4 is 0 Å². The standard InChI is InChI=1S/C18H35NO/c1-2-3-4-5-6-7-8-9-10-11-12-13-14-15-16-18(19)17-20/h13-16,18,20H,2-12,17,19H2,1H3/b14-13+,16-15-. The van der Waals surface area contributed by atoms with E-state index >= 15 is 0 Å². The molecule has 0 radical (unpaired) electrons. The summed E-state index contributed by atoms with van der Waals surface area (Å²) in [7, 11) is 0. The van der Waals surface area contributed by atoms with Crippen molar-refractivity contribution in [3.05, 3.63) is 24.3 Å². The normalized spacial score (nSPS) is 13.6. The fourth-order valence-electron chi connectivity index (χ4n) is 2.19. The molecule has 2 nitrogen and oxygen atoms in total. The minimum absolute atomic E-state index is 0.0167. The van der Waals surface area contributed by atoms with Gasteiger partial charge in [-0.05, 0) is 12.8 Å². The van der Waals surface area contributed by atoms with Crippen LogP contribution in [0.2, 0.25) is 0 Å². The summed E-state index contributed by atoms with van der Waals surface area (Å²) < 4.78 is 0. The molecule has 0 aromatic carbocycles. The van der Waals surface area contributed by atoms with Crippen molar-refractivity contribution in [1.82, 2.24) is 0 Å². The van der Waals surface area contributed by atoms with Gasteiger partial charge < -0.3 is 10.8 Å². The maximum absolute atomic E-state index is 8.74. The maximum atomic E-state index is 8.74. The van der Waals surface area contributed by atoms with Crippen LogP contribution >= 0.6 is 0 Å². The van der Waals surface area contributed by atoms with Crippen LogP contribution in [0.5, 0.6) is 0 Å². The number of allylic oxidation sites excluding steroid dienone is 3. The van der Waals surface area contributed by atoms with Gasteiger partial charge in [-0.25, -0.2) is 0 Å². The molecule has 0 aromatic rings. The Bertz CT molecular complexity index is 236. The summed E-state index contributed by atoms with van der Waals surface area (Å²) in [5.74, 6) is 0. The molecule has 0 aliphatic carbocycles. The predicted octanol–water partition coefficient (Wildman–Crippen LogP) is 4.73. The lowest BCUT2D eigenvalue weighted by atomic mass is 10.1. The van der Waals surface area contributed by atoms with Crippen LogP contribution in [0.4, 0.5) is 0 Å². The van der Waals surface area contributed by atoms with Crippen LogP contribution in [0, 0.1) is 0 Å². The Morgan fingerprint density at radius 3 is 1.95 bits per heavy atom. The van der Waals surface area contributed by atoms with Crippen molar-refractivity contribution in [2.75, 3.05) is 6.61 Å². The zero-order chi connectivity index (χ0) is 14.9. The first kappa shape index (κ1) is 19.4. The Morgan fingerprint density at radius 1 is 0.850 bits per heavy atom. The van der Waals surface area contributed by atoms with Gasteiger partial charge in [0.25, 0.3) is 0 Å². The van der Waals surface area contributed by atoms with Crippen molar-refractivity contribution in [2.45, 2.75) is 83.6 Å². The summed E-state index contributed by atoms with van der Waals surface area (Å²) in [5, 5.41) is 8.74. The lowest BCUT2D eigenvalue weighted by Crippen LogP contribution is -2.20. The largest absolute Gasteiger partial charge is 0.394 e. The highest BCUT2D eigenvalue weighted by Crippen LogP contribution is 2.11. The summed E-state index contributed by atoms with van der Waals surface area (Å²) in [6, 6.07) is -0.225. The average molecular weight is 281 g/mol. The molecule has 0 bridgehead atoms. The van der Waals surface area contributed by atoms with Crippen LogP contribution in [-0.4, -0.2) is 17.8 Å². The summed E-state index contributed by atoms with van der Waals surface area (Å²) in [5.41, 5.74) is 5.55. The second kappa shape index (κ2) is 16.5. The van der Waals surface area contributed by atoms with Gasteiger partial charge in [-0.3, -0.25) is 0 Å². The van der Waals surface area contributed by atoms with E-state index in [0.717, 1.165) is 6.42 Å². The van der Waals surface area contributed by atoms with Crippen LogP contribution in [-0.2, 0) is 0 Å². The molecule has 0 spiro atoms. The topological polar surface area (TPSA) is 46.2 Å². The Balaban J connectivity index is 3.16. The highest BCUT2D eigenvalue weighted by Gasteiger charge is 1.92. The van der Waals surface area contributed by atoms with Crippen molar-refractivity contribution in [3.63, 3.8) is 0 Å². The van der Waals surface area contributed by atoms with Crippen LogP contribution in [0.15, 0.2) is 24.3 Å². The lowest BCUT2D eigenvalue weighted by molar-refractivity contribution is 0.284. The summed E-state index contributed by atoms with van der Waals surface area (Å²) >= 11 is 0. The molecule has 0 saturated carbocycles. The molecule has 0 aromatic heterocycles. The van der Waals surface area contributed by atoms with E-state index in [1.54, 1.807) is 0 Å². The summed E-state index contributed by atoms with van der Waals surface area (Å²) in [6.45, 7) is 2.29. The molecule has 3 N–H and O–H groups in total. The van der Waals surface area contributed by atoms with Crippen LogP contribution in [0.3, 0.4) is 0 Å². The van der Waals surface area contributed by atoms with Crippen molar-refractivity contribution in [2.24, 2.45) is 5.73 Å². The van der Waals surface area contributed by atoms with Gasteiger partial charge in [0.15, 0.2) is 0 Å². The Kier molecular flexibility index (Phi) is 16.0. The fourth-order valence-corrected chi connectivity index (χ4v) is 2.19. The number of aliphatic hydroxyl groups excluding tert-OH is 1. The predicted molar refractivity (Wildman–Crippen MR) is 89.8 cm³/mol. The molecule has 0 rings (SSSR count). The highest BCUT2D eigenvalue weighted by molar-refractivity contribution is 5.05. The molecule has 20 heavy (non-hydrogen) atoms. The van der Waals surface area contributed by atoms with Gasteiger partial charge in [0.2, 0.25) is 0 Å². The van der Waals surface area contributed by atoms with E-state index in [1.165, 1.54) is 64.2 Å². The van der Waals surface area contributed by atoms with Gasteiger partial charge in [-0.15, -0.1) is 0 Å². The molecular weight excluding hydrogens is 246 g/mol. The van der Waals surface area contributed by atoms with Gasteiger partial charge in [0, 0.05) is 6.04 Å². The molecule has 1 atom stereocenters. The first-order valence-corrected chi connectivity index (χ1v) is 8.51. The number of hydrogen-bond donors (Lipinski definition) is 2. The minimum Gasteiger partial charge on any atom is -0.394 e. The smallest absolute Gasteiger partial charge is 0.0618 e. The molecule has 0 aliphatic rings. The Labute approximate surface area is 126 Å². The molecule has 0 saturated heterocycles. The van der Waals surface area contributed by atoms with E-state index in [9.17, 15) is 0 Å². The van der Waals surface area contributed by atoms with Gasteiger partial charge in [-0.2, -0.15) is 0 Å².